The van der Waals surface area contributed by atoms with Crippen LogP contribution < -0.4 is 0 Å². The number of hydrogen-bond acceptors (Lipinski definition) is 1. The van der Waals surface area contributed by atoms with Crippen LogP contribution in [0.5, 0.6) is 0 Å². The molecule has 0 saturated heterocycles. The smallest absolute Gasteiger partial charge is 0.0577 e. The first kappa shape index (κ1) is 22.6. The van der Waals surface area contributed by atoms with E-state index in [1.807, 2.05) is 0 Å². The Labute approximate surface area is 186 Å². The summed E-state index contributed by atoms with van der Waals surface area (Å²) in [6.07, 6.45) is 17.8. The average Bonchev–Trinajstić information content (AvgIpc) is 3.06. The molecular weight excluding hydrogens is 364 g/mol. The molecule has 0 spiro atoms. The second kappa shape index (κ2) is 8.42. The van der Waals surface area contributed by atoms with Crippen LogP contribution in [0.3, 0.4) is 0 Å². The molecule has 0 aromatic rings. The first-order valence-corrected chi connectivity index (χ1v) is 13.3. The van der Waals surface area contributed by atoms with Crippen LogP contribution in [-0.2, 0) is 0 Å². The Hall–Kier alpha value is -0.560. The summed E-state index contributed by atoms with van der Waals surface area (Å²) in [7, 11) is 0. The van der Waals surface area contributed by atoms with Crippen molar-refractivity contribution in [1.82, 2.24) is 0 Å². The van der Waals surface area contributed by atoms with E-state index in [1.54, 1.807) is 11.1 Å². The highest BCUT2D eigenvalue weighted by Crippen LogP contribution is 2.67. The molecule has 0 aliphatic heterocycles. The van der Waals surface area contributed by atoms with Gasteiger partial charge in [-0.05, 0) is 111 Å². The fraction of sp³-hybridized carbons (Fsp3) is 0.862. The molecule has 170 valence electrons. The number of aliphatic hydroxyl groups is 1. The molecule has 0 radical (unpaired) electrons. The van der Waals surface area contributed by atoms with Gasteiger partial charge < -0.3 is 5.11 Å². The number of allylic oxidation sites excluding steroid dienone is 3. The second-order valence-electron chi connectivity index (χ2n) is 12.4. The monoisotopic (exact) mass is 412 g/mol. The van der Waals surface area contributed by atoms with Crippen molar-refractivity contribution in [3.63, 3.8) is 0 Å². The van der Waals surface area contributed by atoms with E-state index in [9.17, 15) is 5.11 Å². The van der Waals surface area contributed by atoms with Crippen molar-refractivity contribution in [3.05, 3.63) is 23.3 Å². The van der Waals surface area contributed by atoms with Crippen molar-refractivity contribution >= 4 is 0 Å². The molecule has 0 aromatic heterocycles. The lowest BCUT2D eigenvalue weighted by Gasteiger charge is -2.58. The number of rotatable bonds is 5. The SMILES string of the molecule is CC/C(=C\CC(C)C1CCC2C3CC=C4CC(O)CCC4(C)C3CCC12C)C(C)C. The highest BCUT2D eigenvalue weighted by molar-refractivity contribution is 5.25. The van der Waals surface area contributed by atoms with E-state index >= 15 is 0 Å². The first-order valence-electron chi connectivity index (χ1n) is 13.3. The maximum atomic E-state index is 10.2. The highest BCUT2D eigenvalue weighted by Gasteiger charge is 2.59. The maximum Gasteiger partial charge on any atom is 0.0577 e. The van der Waals surface area contributed by atoms with Gasteiger partial charge in [-0.3, -0.25) is 0 Å². The van der Waals surface area contributed by atoms with E-state index < -0.39 is 0 Å². The van der Waals surface area contributed by atoms with Gasteiger partial charge in [0, 0.05) is 0 Å². The van der Waals surface area contributed by atoms with Gasteiger partial charge in [0.25, 0.3) is 0 Å². The Bertz CT molecular complexity index is 686. The van der Waals surface area contributed by atoms with Crippen LogP contribution in [-0.4, -0.2) is 11.2 Å². The minimum atomic E-state index is -0.0849. The summed E-state index contributed by atoms with van der Waals surface area (Å²) >= 11 is 0. The summed E-state index contributed by atoms with van der Waals surface area (Å²) in [5.41, 5.74) is 4.19. The molecule has 0 bridgehead atoms. The zero-order valence-electron chi connectivity index (χ0n) is 20.7. The van der Waals surface area contributed by atoms with Crippen molar-refractivity contribution in [2.75, 3.05) is 0 Å². The predicted octanol–water partition coefficient (Wildman–Crippen LogP) is 7.94. The molecule has 3 fully saturated rings. The molecule has 1 heteroatoms. The van der Waals surface area contributed by atoms with Crippen LogP contribution in [0.1, 0.15) is 106 Å². The lowest BCUT2D eigenvalue weighted by molar-refractivity contribution is -0.0565. The molecule has 0 heterocycles. The lowest BCUT2D eigenvalue weighted by atomic mass is 9.47. The van der Waals surface area contributed by atoms with E-state index in [0.29, 0.717) is 16.7 Å². The van der Waals surface area contributed by atoms with E-state index in [2.05, 4.69) is 53.7 Å². The Morgan fingerprint density at radius 1 is 1.10 bits per heavy atom. The third kappa shape index (κ3) is 3.66. The highest BCUT2D eigenvalue weighted by atomic mass is 16.3. The normalized spacial score (nSPS) is 44.9. The van der Waals surface area contributed by atoms with Gasteiger partial charge in [0.1, 0.15) is 0 Å². The zero-order chi connectivity index (χ0) is 21.7. The maximum absolute atomic E-state index is 10.2. The summed E-state index contributed by atoms with van der Waals surface area (Å²) in [6, 6.07) is 0. The van der Waals surface area contributed by atoms with Gasteiger partial charge in [-0.2, -0.15) is 0 Å². The van der Waals surface area contributed by atoms with E-state index in [4.69, 9.17) is 0 Å². The van der Waals surface area contributed by atoms with Crippen LogP contribution in [0.2, 0.25) is 0 Å². The van der Waals surface area contributed by atoms with Gasteiger partial charge in [-0.25, -0.2) is 0 Å². The standard InChI is InChI=1S/C29H48O/c1-7-21(19(2)3)9-8-20(4)25-12-13-26-24-11-10-22-18-23(30)14-16-28(22,5)27(24)15-17-29(25,26)6/h9-10,19-20,23-27,30H,7-8,11-18H2,1-6H3/b21-9+. The molecule has 1 N–H and O–H groups in total. The molecule has 8 unspecified atom stereocenters. The molecular formula is C29H48O. The summed E-state index contributed by atoms with van der Waals surface area (Å²) in [4.78, 5) is 0. The topological polar surface area (TPSA) is 20.2 Å². The zero-order valence-corrected chi connectivity index (χ0v) is 20.7. The van der Waals surface area contributed by atoms with Gasteiger partial charge in [-0.15, -0.1) is 0 Å². The lowest BCUT2D eigenvalue weighted by Crippen LogP contribution is -2.50. The summed E-state index contributed by atoms with van der Waals surface area (Å²) in [5, 5.41) is 10.2. The third-order valence-electron chi connectivity index (χ3n) is 10.7. The van der Waals surface area contributed by atoms with Gasteiger partial charge in [0.15, 0.2) is 0 Å². The summed E-state index contributed by atoms with van der Waals surface area (Å²) in [5.74, 6) is 5.09. The van der Waals surface area contributed by atoms with Gasteiger partial charge in [0.05, 0.1) is 6.10 Å². The van der Waals surface area contributed by atoms with Crippen molar-refractivity contribution in [1.29, 1.82) is 0 Å². The summed E-state index contributed by atoms with van der Waals surface area (Å²) < 4.78 is 0. The Balaban J connectivity index is 1.51. The second-order valence-corrected chi connectivity index (χ2v) is 12.4. The van der Waals surface area contributed by atoms with E-state index in [0.717, 1.165) is 42.4 Å². The van der Waals surface area contributed by atoms with E-state index in [-0.39, 0.29) is 6.10 Å². The molecule has 4 rings (SSSR count). The van der Waals surface area contributed by atoms with Crippen molar-refractivity contribution in [2.45, 2.75) is 112 Å². The molecule has 4 aliphatic rings. The molecule has 1 nitrogen and oxygen atoms in total. The first-order chi connectivity index (χ1) is 14.2. The fourth-order valence-corrected chi connectivity index (χ4v) is 8.91. The Morgan fingerprint density at radius 2 is 1.87 bits per heavy atom. The van der Waals surface area contributed by atoms with Crippen LogP contribution in [0.25, 0.3) is 0 Å². The predicted molar refractivity (Wildman–Crippen MR) is 128 cm³/mol. The van der Waals surface area contributed by atoms with Crippen LogP contribution >= 0.6 is 0 Å². The Kier molecular flexibility index (Phi) is 6.35. The summed E-state index contributed by atoms with van der Waals surface area (Å²) in [6.45, 7) is 14.8. The number of fused-ring (bicyclic) bond motifs is 5. The minimum absolute atomic E-state index is 0.0849. The third-order valence-corrected chi connectivity index (χ3v) is 10.7. The molecule has 8 atom stereocenters. The van der Waals surface area contributed by atoms with Crippen LogP contribution in [0, 0.1) is 46.3 Å². The van der Waals surface area contributed by atoms with Crippen molar-refractivity contribution in [3.8, 4) is 0 Å². The molecule has 0 aromatic carbocycles. The van der Waals surface area contributed by atoms with Crippen LogP contribution in [0.4, 0.5) is 0 Å². The quantitative estimate of drug-likeness (QED) is 0.454. The Morgan fingerprint density at radius 3 is 2.57 bits per heavy atom. The minimum Gasteiger partial charge on any atom is -0.393 e. The number of aliphatic hydroxyl groups excluding tert-OH is 1. The van der Waals surface area contributed by atoms with Crippen LogP contribution in [0.15, 0.2) is 23.3 Å². The van der Waals surface area contributed by atoms with Gasteiger partial charge in [0.2, 0.25) is 0 Å². The largest absolute Gasteiger partial charge is 0.393 e. The van der Waals surface area contributed by atoms with Gasteiger partial charge >= 0.3 is 0 Å². The average molecular weight is 413 g/mol. The molecule has 30 heavy (non-hydrogen) atoms. The molecule has 0 amide bonds. The van der Waals surface area contributed by atoms with Crippen molar-refractivity contribution in [2.24, 2.45) is 46.3 Å². The van der Waals surface area contributed by atoms with Crippen molar-refractivity contribution < 1.29 is 5.11 Å². The molecule has 3 saturated carbocycles. The molecule has 4 aliphatic carbocycles. The fourth-order valence-electron chi connectivity index (χ4n) is 8.91. The number of hydrogen-bond donors (Lipinski definition) is 1. The van der Waals surface area contributed by atoms with Gasteiger partial charge in [-0.1, -0.05) is 64.8 Å². The van der Waals surface area contributed by atoms with E-state index in [1.165, 1.54) is 51.4 Å².